The molecule has 2 rings (SSSR count). The van der Waals surface area contributed by atoms with Crippen LogP contribution in [0.25, 0.3) is 0 Å². The van der Waals surface area contributed by atoms with E-state index in [0.717, 1.165) is 12.1 Å². The Morgan fingerprint density at radius 3 is 2.10 bits per heavy atom. The average molecular weight is 329 g/mol. The molecule has 0 saturated carbocycles. The Labute approximate surface area is 124 Å². The van der Waals surface area contributed by atoms with Gasteiger partial charge < -0.3 is 10.4 Å². The molecule has 0 aliphatic carbocycles. The lowest BCUT2D eigenvalue weighted by molar-refractivity contribution is -0.187. The van der Waals surface area contributed by atoms with Crippen molar-refractivity contribution in [1.82, 2.24) is 10.2 Å². The van der Waals surface area contributed by atoms with Gasteiger partial charge in [0, 0.05) is 26.2 Å². The third-order valence-electron chi connectivity index (χ3n) is 3.18. The van der Waals surface area contributed by atoms with Crippen LogP contribution in [0.15, 0.2) is 12.1 Å². The summed E-state index contributed by atoms with van der Waals surface area (Å²) in [5.74, 6) is -0.404. The summed E-state index contributed by atoms with van der Waals surface area (Å²) in [7, 11) is 0. The lowest BCUT2D eigenvalue weighted by atomic mass is 10.0. The molecule has 1 saturated heterocycles. The van der Waals surface area contributed by atoms with Crippen LogP contribution in [-0.2, 0) is 0 Å². The Bertz CT molecular complexity index is 467. The number of halogens is 5. The Morgan fingerprint density at radius 1 is 1.15 bits per heavy atom. The van der Waals surface area contributed by atoms with E-state index in [9.17, 15) is 18.3 Å². The van der Waals surface area contributed by atoms with Gasteiger partial charge in [0.25, 0.3) is 0 Å². The minimum absolute atomic E-state index is 0.0628. The summed E-state index contributed by atoms with van der Waals surface area (Å²) in [5.41, 5.74) is -0.0628. The number of phenolic OH excluding ortho intramolecular Hbond substituents is 1. The minimum atomic E-state index is -4.44. The maximum absolute atomic E-state index is 13.3. The molecular weight excluding hydrogens is 316 g/mol. The first-order valence-corrected chi connectivity index (χ1v) is 6.75. The normalized spacial score (nSPS) is 19.1. The minimum Gasteiger partial charge on any atom is -0.505 e. The van der Waals surface area contributed by atoms with Gasteiger partial charge in [0.2, 0.25) is 0 Å². The molecule has 0 unspecified atom stereocenters. The van der Waals surface area contributed by atoms with Crippen molar-refractivity contribution in [2.75, 3.05) is 26.2 Å². The summed E-state index contributed by atoms with van der Waals surface area (Å²) in [6.07, 6.45) is -4.44. The van der Waals surface area contributed by atoms with Gasteiger partial charge in [0.15, 0.2) is 5.75 Å². The van der Waals surface area contributed by atoms with E-state index in [1.54, 1.807) is 0 Å². The molecule has 0 amide bonds. The second-order valence-corrected chi connectivity index (χ2v) is 5.38. The van der Waals surface area contributed by atoms with Gasteiger partial charge in [0.1, 0.15) is 6.04 Å². The Kier molecular flexibility index (Phi) is 4.69. The second-order valence-electron chi connectivity index (χ2n) is 4.56. The Balaban J connectivity index is 2.41. The van der Waals surface area contributed by atoms with Crippen LogP contribution >= 0.6 is 23.2 Å². The molecule has 3 nitrogen and oxygen atoms in total. The molecule has 20 heavy (non-hydrogen) atoms. The monoisotopic (exact) mass is 328 g/mol. The van der Waals surface area contributed by atoms with Crippen molar-refractivity contribution in [3.8, 4) is 5.75 Å². The molecule has 112 valence electrons. The largest absolute Gasteiger partial charge is 0.505 e. The van der Waals surface area contributed by atoms with E-state index in [4.69, 9.17) is 23.2 Å². The third-order valence-corrected chi connectivity index (χ3v) is 3.76. The van der Waals surface area contributed by atoms with Crippen molar-refractivity contribution < 1.29 is 18.3 Å². The van der Waals surface area contributed by atoms with Crippen molar-refractivity contribution >= 4 is 23.2 Å². The fraction of sp³-hybridized carbons (Fsp3) is 0.500. The zero-order valence-corrected chi connectivity index (χ0v) is 11.9. The standard InChI is InChI=1S/C12H13Cl2F3N2O/c13-8-5-7(6-9(14)10(8)20)11(12(15,16)17)19-3-1-18-2-4-19/h5-6,11,18,20H,1-4H2/t11-/m0/s1. The highest BCUT2D eigenvalue weighted by molar-refractivity contribution is 6.37. The third kappa shape index (κ3) is 3.31. The van der Waals surface area contributed by atoms with E-state index in [2.05, 4.69) is 5.32 Å². The van der Waals surface area contributed by atoms with Gasteiger partial charge in [-0.15, -0.1) is 0 Å². The summed E-state index contributed by atoms with van der Waals surface area (Å²) < 4.78 is 40.0. The number of phenols is 1. The van der Waals surface area contributed by atoms with Crippen LogP contribution in [0.1, 0.15) is 11.6 Å². The number of nitrogens with zero attached hydrogens (tertiary/aromatic N) is 1. The number of hydrogen-bond acceptors (Lipinski definition) is 3. The highest BCUT2D eigenvalue weighted by atomic mass is 35.5. The summed E-state index contributed by atoms with van der Waals surface area (Å²) in [5, 5.41) is 12.1. The molecule has 1 atom stereocenters. The SMILES string of the molecule is Oc1c(Cl)cc([C@H](N2CCNCC2)C(F)(F)F)cc1Cl. The van der Waals surface area contributed by atoms with Gasteiger partial charge in [-0.2, -0.15) is 13.2 Å². The van der Waals surface area contributed by atoms with Crippen molar-refractivity contribution in [2.24, 2.45) is 0 Å². The first kappa shape index (κ1) is 15.7. The maximum atomic E-state index is 13.3. The van der Waals surface area contributed by atoms with E-state index in [0.29, 0.717) is 13.1 Å². The molecule has 1 fully saturated rings. The molecule has 2 N–H and O–H groups in total. The molecule has 1 aliphatic rings. The zero-order chi connectivity index (χ0) is 14.9. The van der Waals surface area contributed by atoms with Crippen LogP contribution in [0.5, 0.6) is 5.75 Å². The first-order valence-electron chi connectivity index (χ1n) is 6.00. The number of nitrogens with one attached hydrogen (secondary N) is 1. The molecule has 8 heteroatoms. The lowest BCUT2D eigenvalue weighted by Gasteiger charge is -2.36. The lowest BCUT2D eigenvalue weighted by Crippen LogP contribution is -2.49. The van der Waals surface area contributed by atoms with E-state index in [1.807, 2.05) is 0 Å². The topological polar surface area (TPSA) is 35.5 Å². The van der Waals surface area contributed by atoms with Crippen LogP contribution in [0.3, 0.4) is 0 Å². The molecular formula is C12H13Cl2F3N2O. The summed E-state index contributed by atoms with van der Waals surface area (Å²) in [6.45, 7) is 1.54. The second kappa shape index (κ2) is 5.97. The molecule has 1 heterocycles. The van der Waals surface area contributed by atoms with Crippen LogP contribution in [0, 0.1) is 0 Å². The summed E-state index contributed by atoms with van der Waals surface area (Å²) >= 11 is 11.4. The summed E-state index contributed by atoms with van der Waals surface area (Å²) in [4.78, 5) is 1.33. The molecule has 1 aliphatic heterocycles. The van der Waals surface area contributed by atoms with E-state index >= 15 is 0 Å². The maximum Gasteiger partial charge on any atom is 0.408 e. The average Bonchev–Trinajstić information content (AvgIpc) is 2.35. The van der Waals surface area contributed by atoms with Crippen LogP contribution in [-0.4, -0.2) is 42.4 Å². The zero-order valence-electron chi connectivity index (χ0n) is 10.3. The Morgan fingerprint density at radius 2 is 1.65 bits per heavy atom. The molecule has 1 aromatic rings. The fourth-order valence-corrected chi connectivity index (χ4v) is 2.79. The molecule has 1 aromatic carbocycles. The number of benzene rings is 1. The van der Waals surface area contributed by atoms with Crippen molar-refractivity contribution in [2.45, 2.75) is 12.2 Å². The summed E-state index contributed by atoms with van der Waals surface area (Å²) in [6, 6.07) is 0.451. The predicted octanol–water partition coefficient (Wildman–Crippen LogP) is 3.21. The molecule has 0 spiro atoms. The fourth-order valence-electron chi connectivity index (χ4n) is 2.29. The van der Waals surface area contributed by atoms with E-state index < -0.39 is 18.0 Å². The van der Waals surface area contributed by atoms with Crippen LogP contribution in [0.2, 0.25) is 10.0 Å². The molecule has 0 aromatic heterocycles. The number of alkyl halides is 3. The van der Waals surface area contributed by atoms with Crippen molar-refractivity contribution in [3.63, 3.8) is 0 Å². The van der Waals surface area contributed by atoms with Crippen LogP contribution < -0.4 is 5.32 Å². The van der Waals surface area contributed by atoms with Crippen LogP contribution in [0.4, 0.5) is 13.2 Å². The predicted molar refractivity (Wildman–Crippen MR) is 71.4 cm³/mol. The molecule has 0 bridgehead atoms. The number of aromatic hydroxyl groups is 1. The van der Waals surface area contributed by atoms with Crippen molar-refractivity contribution in [1.29, 1.82) is 0 Å². The Hall–Kier alpha value is -0.690. The highest BCUT2D eigenvalue weighted by Crippen LogP contribution is 2.42. The number of rotatable bonds is 2. The van der Waals surface area contributed by atoms with Gasteiger partial charge in [-0.3, -0.25) is 4.90 Å². The number of piperazine rings is 1. The smallest absolute Gasteiger partial charge is 0.408 e. The highest BCUT2D eigenvalue weighted by Gasteiger charge is 2.45. The molecule has 0 radical (unpaired) electrons. The van der Waals surface area contributed by atoms with Gasteiger partial charge >= 0.3 is 6.18 Å². The van der Waals surface area contributed by atoms with Gasteiger partial charge in [-0.25, -0.2) is 0 Å². The van der Waals surface area contributed by atoms with E-state index in [1.165, 1.54) is 4.90 Å². The van der Waals surface area contributed by atoms with Gasteiger partial charge in [-0.05, 0) is 17.7 Å². The first-order chi connectivity index (χ1) is 9.30. The number of hydrogen-bond donors (Lipinski definition) is 2. The van der Waals surface area contributed by atoms with Gasteiger partial charge in [-0.1, -0.05) is 23.2 Å². The van der Waals surface area contributed by atoms with E-state index in [-0.39, 0.29) is 28.7 Å². The van der Waals surface area contributed by atoms with Crippen molar-refractivity contribution in [3.05, 3.63) is 27.7 Å². The quantitative estimate of drug-likeness (QED) is 0.875. The van der Waals surface area contributed by atoms with Gasteiger partial charge in [0.05, 0.1) is 10.0 Å².